The average molecular weight is 403 g/mol. The molecular formula is C23H23N4O3-. The van der Waals surface area contributed by atoms with Crippen molar-refractivity contribution in [3.8, 4) is 11.3 Å². The summed E-state index contributed by atoms with van der Waals surface area (Å²) in [6.07, 6.45) is 5.89. The second-order valence-electron chi connectivity index (χ2n) is 8.11. The maximum atomic E-state index is 11.9. The molecule has 30 heavy (non-hydrogen) atoms. The number of rotatable bonds is 6. The van der Waals surface area contributed by atoms with E-state index in [1.54, 1.807) is 12.4 Å². The zero-order valence-electron chi connectivity index (χ0n) is 16.5. The van der Waals surface area contributed by atoms with Crippen molar-refractivity contribution in [2.24, 2.45) is 0 Å². The van der Waals surface area contributed by atoms with Crippen molar-refractivity contribution in [3.63, 3.8) is 0 Å². The van der Waals surface area contributed by atoms with E-state index >= 15 is 0 Å². The second kappa shape index (κ2) is 7.66. The summed E-state index contributed by atoms with van der Waals surface area (Å²) in [6, 6.07) is 10.5. The molecule has 154 valence electrons. The summed E-state index contributed by atoms with van der Waals surface area (Å²) < 4.78 is 1.39. The highest BCUT2D eigenvalue weighted by molar-refractivity contribution is 5.89. The van der Waals surface area contributed by atoms with Gasteiger partial charge in [0.15, 0.2) is 0 Å². The van der Waals surface area contributed by atoms with Gasteiger partial charge in [0.05, 0.1) is 30.0 Å². The fraction of sp³-hybridized carbons (Fsp3) is 0.348. The highest BCUT2D eigenvalue weighted by Crippen LogP contribution is 2.34. The van der Waals surface area contributed by atoms with Gasteiger partial charge >= 0.3 is 0 Å². The van der Waals surface area contributed by atoms with Crippen molar-refractivity contribution in [3.05, 3.63) is 70.7 Å². The van der Waals surface area contributed by atoms with Gasteiger partial charge in [-0.3, -0.25) is 9.67 Å². The van der Waals surface area contributed by atoms with Gasteiger partial charge in [-0.25, -0.2) is 0 Å². The molecule has 2 N–H and O–H groups in total. The number of nitrogens with one attached hydrogen (secondary N) is 1. The molecular weight excluding hydrogens is 380 g/mol. The van der Waals surface area contributed by atoms with Gasteiger partial charge in [0.1, 0.15) is 0 Å². The SMILES string of the molecule is O=C([O-])c1c2c(nn1CC(O)CNC1Cc3ccccc3C1)-c1ccncc1CC2. The smallest absolute Gasteiger partial charge is 0.0966 e. The number of pyridine rings is 1. The van der Waals surface area contributed by atoms with Crippen molar-refractivity contribution in [1.82, 2.24) is 20.1 Å². The Bertz CT molecular complexity index is 1080. The monoisotopic (exact) mass is 403 g/mol. The molecule has 2 aliphatic carbocycles. The van der Waals surface area contributed by atoms with Gasteiger partial charge < -0.3 is 20.3 Å². The van der Waals surface area contributed by atoms with Crippen LogP contribution in [0.3, 0.4) is 0 Å². The van der Waals surface area contributed by atoms with Crippen molar-refractivity contribution in [2.75, 3.05) is 6.54 Å². The van der Waals surface area contributed by atoms with Gasteiger partial charge in [-0.2, -0.15) is 5.10 Å². The molecule has 0 fully saturated rings. The average Bonchev–Trinajstić information content (AvgIpc) is 3.33. The molecule has 3 aromatic rings. The molecule has 5 rings (SSSR count). The van der Waals surface area contributed by atoms with Crippen LogP contribution < -0.4 is 10.4 Å². The summed E-state index contributed by atoms with van der Waals surface area (Å²) in [4.78, 5) is 16.0. The molecule has 0 saturated heterocycles. The molecule has 0 saturated carbocycles. The molecule has 1 unspecified atom stereocenters. The maximum absolute atomic E-state index is 11.9. The van der Waals surface area contributed by atoms with Gasteiger partial charge in [0.2, 0.25) is 0 Å². The molecule has 7 heteroatoms. The van der Waals surface area contributed by atoms with Crippen molar-refractivity contribution >= 4 is 5.97 Å². The third-order valence-electron chi connectivity index (χ3n) is 6.12. The number of hydrogen-bond donors (Lipinski definition) is 2. The van der Waals surface area contributed by atoms with Gasteiger partial charge in [-0.15, -0.1) is 0 Å². The molecule has 1 aromatic carbocycles. The van der Waals surface area contributed by atoms with Crippen molar-refractivity contribution in [2.45, 2.75) is 44.4 Å². The van der Waals surface area contributed by atoms with E-state index in [0.29, 0.717) is 30.6 Å². The fourth-order valence-corrected chi connectivity index (χ4v) is 4.70. The number of carboxylic acid groups (broad SMARTS) is 1. The van der Waals surface area contributed by atoms with Crippen LogP contribution in [0, 0.1) is 0 Å². The van der Waals surface area contributed by atoms with Gasteiger partial charge in [0, 0.05) is 36.1 Å². The first-order valence-corrected chi connectivity index (χ1v) is 10.3. The number of aryl methyl sites for hydroxylation is 1. The van der Waals surface area contributed by atoms with E-state index in [1.165, 1.54) is 15.8 Å². The number of nitrogens with zero attached hydrogens (tertiary/aromatic N) is 3. The van der Waals surface area contributed by atoms with E-state index in [0.717, 1.165) is 24.0 Å². The Morgan fingerprint density at radius 3 is 2.70 bits per heavy atom. The molecule has 1 atom stereocenters. The van der Waals surface area contributed by atoms with E-state index in [9.17, 15) is 15.0 Å². The summed E-state index contributed by atoms with van der Waals surface area (Å²) in [5.74, 6) is -1.26. The van der Waals surface area contributed by atoms with E-state index in [2.05, 4.69) is 27.5 Å². The molecule has 7 nitrogen and oxygen atoms in total. The highest BCUT2D eigenvalue weighted by Gasteiger charge is 2.27. The van der Waals surface area contributed by atoms with Crippen LogP contribution in [0.5, 0.6) is 0 Å². The number of aromatic nitrogens is 3. The third kappa shape index (κ3) is 3.40. The molecule has 0 radical (unpaired) electrons. The number of hydrogen-bond acceptors (Lipinski definition) is 6. The fourth-order valence-electron chi connectivity index (χ4n) is 4.70. The van der Waals surface area contributed by atoms with Gasteiger partial charge in [-0.1, -0.05) is 24.3 Å². The van der Waals surface area contributed by atoms with Crippen LogP contribution in [-0.4, -0.2) is 44.5 Å². The summed E-state index contributed by atoms with van der Waals surface area (Å²) in [5, 5.41) is 30.4. The van der Waals surface area contributed by atoms with Crippen LogP contribution in [0.2, 0.25) is 0 Å². The van der Waals surface area contributed by atoms with Gasteiger partial charge in [-0.05, 0) is 48.4 Å². The number of aliphatic hydroxyl groups excluding tert-OH is 1. The number of fused-ring (bicyclic) bond motifs is 4. The number of aliphatic hydroxyl groups is 1. The zero-order valence-corrected chi connectivity index (χ0v) is 16.5. The van der Waals surface area contributed by atoms with Crippen LogP contribution in [0.1, 0.15) is 32.7 Å². The topological polar surface area (TPSA) is 103 Å². The van der Waals surface area contributed by atoms with E-state index in [4.69, 9.17) is 0 Å². The first-order chi connectivity index (χ1) is 14.6. The molecule has 0 bridgehead atoms. The van der Waals surface area contributed by atoms with Crippen LogP contribution in [0.25, 0.3) is 11.3 Å². The predicted octanol–water partition coefficient (Wildman–Crippen LogP) is 0.525. The molecule has 0 aliphatic heterocycles. The van der Waals surface area contributed by atoms with Crippen molar-refractivity contribution in [1.29, 1.82) is 0 Å². The molecule has 2 aliphatic rings. The summed E-state index contributed by atoms with van der Waals surface area (Å²) in [5.41, 5.74) is 6.06. The highest BCUT2D eigenvalue weighted by atomic mass is 16.4. The third-order valence-corrected chi connectivity index (χ3v) is 6.12. The predicted molar refractivity (Wildman–Crippen MR) is 109 cm³/mol. The van der Waals surface area contributed by atoms with Crippen LogP contribution >= 0.6 is 0 Å². The van der Waals surface area contributed by atoms with Gasteiger partial charge in [0.25, 0.3) is 0 Å². The minimum Gasteiger partial charge on any atom is -0.543 e. The Balaban J connectivity index is 1.31. The number of carbonyl (C=O) groups is 1. The lowest BCUT2D eigenvalue weighted by molar-refractivity contribution is -0.256. The first kappa shape index (κ1) is 19.0. The van der Waals surface area contributed by atoms with E-state index in [1.807, 2.05) is 18.2 Å². The Morgan fingerprint density at radius 2 is 1.97 bits per heavy atom. The summed E-state index contributed by atoms with van der Waals surface area (Å²) >= 11 is 0. The normalized spacial score (nSPS) is 16.0. The number of benzene rings is 1. The zero-order chi connectivity index (χ0) is 20.7. The minimum absolute atomic E-state index is 0.0692. The maximum Gasteiger partial charge on any atom is 0.0966 e. The summed E-state index contributed by atoms with van der Waals surface area (Å²) in [7, 11) is 0. The molecule has 0 amide bonds. The van der Waals surface area contributed by atoms with E-state index in [-0.39, 0.29) is 18.3 Å². The number of aromatic carboxylic acids is 1. The second-order valence-corrected chi connectivity index (χ2v) is 8.11. The number of carboxylic acids is 1. The van der Waals surface area contributed by atoms with Crippen LogP contribution in [0.15, 0.2) is 42.7 Å². The Kier molecular flexibility index (Phi) is 4.84. The largest absolute Gasteiger partial charge is 0.543 e. The molecule has 2 heterocycles. The summed E-state index contributed by atoms with van der Waals surface area (Å²) in [6.45, 7) is 0.472. The lowest BCUT2D eigenvalue weighted by Crippen LogP contribution is -2.38. The number of carbonyl (C=O) groups excluding carboxylic acids is 1. The van der Waals surface area contributed by atoms with E-state index < -0.39 is 12.1 Å². The first-order valence-electron chi connectivity index (χ1n) is 10.3. The van der Waals surface area contributed by atoms with Crippen LogP contribution in [0.4, 0.5) is 0 Å². The Hall–Kier alpha value is -3.03. The van der Waals surface area contributed by atoms with Crippen molar-refractivity contribution < 1.29 is 15.0 Å². The molecule has 0 spiro atoms. The molecule has 2 aromatic heterocycles. The quantitative estimate of drug-likeness (QED) is 0.622. The Morgan fingerprint density at radius 1 is 1.20 bits per heavy atom. The standard InChI is InChI=1S/C23H24N4O3/c28-18(12-25-17-9-14-3-1-2-4-15(14)10-17)13-27-22(23(29)30)20-6-5-16-11-24-8-7-19(16)21(20)26-27/h1-4,7-8,11,17-18,25,28H,5-6,9-10,12-13H2,(H,29,30)/p-1. The lowest BCUT2D eigenvalue weighted by atomic mass is 9.90. The Labute approximate surface area is 174 Å². The van der Waals surface area contributed by atoms with Crippen LogP contribution in [-0.2, 0) is 32.2 Å². The minimum atomic E-state index is -1.26. The lowest BCUT2D eigenvalue weighted by Gasteiger charge is -2.18.